The van der Waals surface area contributed by atoms with Crippen LogP contribution >= 0.6 is 0 Å². The maximum atomic E-state index is 15.7. The van der Waals surface area contributed by atoms with E-state index < -0.39 is 65.4 Å². The Morgan fingerprint density at radius 2 is 1.76 bits per heavy atom. The standard InChI is InChI=1S/C36H45F3N4O6/c1-23(45)48-22-31(46)43(19-25-18-42(20-29(25)39)34(47)49-35(2,3)4)32(36(5,6)14-15-44)33-40-30(27-16-26(37)12-13-28(27)38)21-41(33)17-24-10-8-7-9-11-24/h7-13,16,21,25,29,32,44H,14-15,17-20,22H2,1-6H3. The number of rotatable bonds is 12. The van der Waals surface area contributed by atoms with Gasteiger partial charge in [0.2, 0.25) is 0 Å². The second kappa shape index (κ2) is 15.4. The molecule has 49 heavy (non-hydrogen) atoms. The summed E-state index contributed by atoms with van der Waals surface area (Å²) in [7, 11) is 0. The van der Waals surface area contributed by atoms with E-state index in [4.69, 9.17) is 14.5 Å². The first-order chi connectivity index (χ1) is 23.0. The van der Waals surface area contributed by atoms with Gasteiger partial charge in [-0.2, -0.15) is 0 Å². The number of likely N-dealkylation sites (tertiary alicyclic amines) is 1. The second-order valence-electron chi connectivity index (χ2n) is 14.1. The fourth-order valence-electron chi connectivity index (χ4n) is 6.04. The van der Waals surface area contributed by atoms with Crippen molar-refractivity contribution < 1.29 is 42.1 Å². The van der Waals surface area contributed by atoms with Gasteiger partial charge in [-0.25, -0.2) is 22.9 Å². The fourth-order valence-corrected chi connectivity index (χ4v) is 6.04. The largest absolute Gasteiger partial charge is 0.456 e. The molecule has 3 aromatic rings. The molecule has 1 aliphatic heterocycles. The number of hydrogen-bond donors (Lipinski definition) is 1. The number of amides is 2. The van der Waals surface area contributed by atoms with Crippen LogP contribution in [-0.4, -0.2) is 87.0 Å². The first-order valence-corrected chi connectivity index (χ1v) is 16.2. The maximum absolute atomic E-state index is 15.7. The van der Waals surface area contributed by atoms with E-state index >= 15 is 8.78 Å². The van der Waals surface area contributed by atoms with Gasteiger partial charge in [0, 0.05) is 50.8 Å². The van der Waals surface area contributed by atoms with Gasteiger partial charge in [0.25, 0.3) is 5.91 Å². The lowest BCUT2D eigenvalue weighted by atomic mass is 9.79. The summed E-state index contributed by atoms with van der Waals surface area (Å²) in [5.74, 6) is -3.35. The molecule has 1 N–H and O–H groups in total. The minimum Gasteiger partial charge on any atom is -0.456 e. The lowest BCUT2D eigenvalue weighted by molar-refractivity contribution is -0.153. The Morgan fingerprint density at radius 3 is 2.39 bits per heavy atom. The molecule has 3 atom stereocenters. The van der Waals surface area contributed by atoms with Crippen molar-refractivity contribution in [3.8, 4) is 11.3 Å². The van der Waals surface area contributed by atoms with Crippen LogP contribution in [0.3, 0.4) is 0 Å². The van der Waals surface area contributed by atoms with Crippen LogP contribution in [0.4, 0.5) is 18.0 Å². The van der Waals surface area contributed by atoms with E-state index in [1.807, 2.05) is 30.3 Å². The lowest BCUT2D eigenvalue weighted by Crippen LogP contribution is -2.48. The zero-order valence-electron chi connectivity index (χ0n) is 28.8. The van der Waals surface area contributed by atoms with Crippen LogP contribution in [0.2, 0.25) is 0 Å². The topological polar surface area (TPSA) is 114 Å². The third-order valence-corrected chi connectivity index (χ3v) is 8.42. The predicted octanol–water partition coefficient (Wildman–Crippen LogP) is 5.92. The predicted molar refractivity (Wildman–Crippen MR) is 176 cm³/mol. The molecule has 2 aromatic carbocycles. The highest BCUT2D eigenvalue weighted by atomic mass is 19.1. The van der Waals surface area contributed by atoms with Crippen molar-refractivity contribution in [3.05, 3.63) is 77.8 Å². The molecule has 266 valence electrons. The Hall–Kier alpha value is -4.39. The number of carbonyl (C=O) groups is 3. The zero-order chi connectivity index (χ0) is 36.1. The minimum absolute atomic E-state index is 0.0568. The number of ether oxygens (including phenoxy) is 2. The molecular weight excluding hydrogens is 641 g/mol. The van der Waals surface area contributed by atoms with Gasteiger partial charge >= 0.3 is 12.1 Å². The SMILES string of the molecule is CC(=O)OCC(=O)N(CC1CN(C(=O)OC(C)(C)C)CC1F)C(c1nc(-c2cc(F)ccc2F)cn1Cc1ccccc1)C(C)(C)CCO. The van der Waals surface area contributed by atoms with Gasteiger partial charge in [0.15, 0.2) is 6.61 Å². The molecule has 0 spiro atoms. The van der Waals surface area contributed by atoms with Crippen LogP contribution in [0.1, 0.15) is 65.4 Å². The molecule has 10 nitrogen and oxygen atoms in total. The van der Waals surface area contributed by atoms with Gasteiger partial charge in [-0.15, -0.1) is 0 Å². The molecule has 1 aromatic heterocycles. The number of aliphatic hydroxyl groups is 1. The molecule has 4 rings (SSSR count). The molecule has 0 radical (unpaired) electrons. The van der Waals surface area contributed by atoms with E-state index in [9.17, 15) is 23.9 Å². The number of benzene rings is 2. The number of hydrogen-bond acceptors (Lipinski definition) is 7. The Bertz CT molecular complexity index is 1620. The number of esters is 1. The number of aliphatic hydroxyl groups excluding tert-OH is 1. The fraction of sp³-hybridized carbons (Fsp3) is 0.500. The van der Waals surface area contributed by atoms with Crippen molar-refractivity contribution in [1.82, 2.24) is 19.4 Å². The number of nitrogens with zero attached hydrogens (tertiary/aromatic N) is 4. The normalized spacial score (nSPS) is 17.1. The van der Waals surface area contributed by atoms with E-state index in [0.717, 1.165) is 30.7 Å². The number of halogens is 3. The molecular formula is C36H45F3N4O6. The molecule has 2 heterocycles. The molecule has 13 heteroatoms. The van der Waals surface area contributed by atoms with Gasteiger partial charge in [-0.05, 0) is 56.4 Å². The molecule has 1 fully saturated rings. The van der Waals surface area contributed by atoms with Gasteiger partial charge < -0.3 is 28.9 Å². The van der Waals surface area contributed by atoms with Crippen molar-refractivity contribution in [3.63, 3.8) is 0 Å². The zero-order valence-corrected chi connectivity index (χ0v) is 28.8. The van der Waals surface area contributed by atoms with Crippen molar-refractivity contribution >= 4 is 18.0 Å². The summed E-state index contributed by atoms with van der Waals surface area (Å²) in [6.45, 7) is 8.64. The van der Waals surface area contributed by atoms with Gasteiger partial charge in [-0.3, -0.25) is 9.59 Å². The Morgan fingerprint density at radius 1 is 1.06 bits per heavy atom. The first kappa shape index (κ1) is 37.4. The third kappa shape index (κ3) is 9.62. The van der Waals surface area contributed by atoms with Crippen molar-refractivity contribution in [2.45, 2.75) is 72.3 Å². The average Bonchev–Trinajstić information content (AvgIpc) is 3.59. The molecule has 2 amide bonds. The summed E-state index contributed by atoms with van der Waals surface area (Å²) in [6.07, 6.45) is -0.494. The van der Waals surface area contributed by atoms with Crippen molar-refractivity contribution in [1.29, 1.82) is 0 Å². The van der Waals surface area contributed by atoms with Crippen molar-refractivity contribution in [2.24, 2.45) is 11.3 Å². The minimum atomic E-state index is -1.53. The average molecular weight is 687 g/mol. The van der Waals surface area contributed by atoms with Crippen LogP contribution in [0.15, 0.2) is 54.7 Å². The van der Waals surface area contributed by atoms with Crippen LogP contribution in [-0.2, 0) is 25.6 Å². The maximum Gasteiger partial charge on any atom is 0.410 e. The highest BCUT2D eigenvalue weighted by molar-refractivity contribution is 5.80. The first-order valence-electron chi connectivity index (χ1n) is 16.2. The van der Waals surface area contributed by atoms with E-state index in [1.165, 1.54) is 9.80 Å². The van der Waals surface area contributed by atoms with Crippen LogP contribution in [0.25, 0.3) is 11.3 Å². The third-order valence-electron chi connectivity index (χ3n) is 8.42. The summed E-state index contributed by atoms with van der Waals surface area (Å²) in [5, 5.41) is 10.2. The van der Waals surface area contributed by atoms with Gasteiger partial charge in [-0.1, -0.05) is 44.2 Å². The smallest absolute Gasteiger partial charge is 0.410 e. The molecule has 1 saturated heterocycles. The van der Waals surface area contributed by atoms with Gasteiger partial charge in [0.05, 0.1) is 18.3 Å². The summed E-state index contributed by atoms with van der Waals surface area (Å²) in [5.41, 5.74) is -0.914. The Balaban J connectivity index is 1.86. The van der Waals surface area contributed by atoms with Gasteiger partial charge in [0.1, 0.15) is 29.2 Å². The van der Waals surface area contributed by atoms with Crippen molar-refractivity contribution in [2.75, 3.05) is 32.8 Å². The van der Waals surface area contributed by atoms with Crippen LogP contribution < -0.4 is 0 Å². The summed E-state index contributed by atoms with van der Waals surface area (Å²) in [6, 6.07) is 11.3. The number of alkyl halides is 1. The van der Waals surface area contributed by atoms with E-state index in [1.54, 1.807) is 45.4 Å². The quantitative estimate of drug-likeness (QED) is 0.235. The summed E-state index contributed by atoms with van der Waals surface area (Å²) < 4.78 is 57.5. The van der Waals surface area contributed by atoms with E-state index in [2.05, 4.69) is 0 Å². The molecule has 0 saturated carbocycles. The van der Waals surface area contributed by atoms with E-state index in [-0.39, 0.29) is 56.3 Å². The van der Waals surface area contributed by atoms with E-state index in [0.29, 0.717) is 0 Å². The highest BCUT2D eigenvalue weighted by Gasteiger charge is 2.45. The van der Waals surface area contributed by atoms with Crippen LogP contribution in [0.5, 0.6) is 0 Å². The Kier molecular flexibility index (Phi) is 11.8. The molecule has 1 aliphatic rings. The number of imidazole rings is 1. The monoisotopic (exact) mass is 686 g/mol. The summed E-state index contributed by atoms with van der Waals surface area (Å²) >= 11 is 0. The highest BCUT2D eigenvalue weighted by Crippen LogP contribution is 2.43. The molecule has 0 aliphatic carbocycles. The van der Waals surface area contributed by atoms with Crippen LogP contribution in [0, 0.1) is 23.0 Å². The molecule has 0 bridgehead atoms. The number of aromatic nitrogens is 2. The Labute approximate surface area is 284 Å². The molecule has 3 unspecified atom stereocenters. The summed E-state index contributed by atoms with van der Waals surface area (Å²) in [4.78, 5) is 46.1. The lowest BCUT2D eigenvalue weighted by Gasteiger charge is -2.42. The second-order valence-corrected chi connectivity index (χ2v) is 14.1. The number of carbonyl (C=O) groups excluding carboxylic acids is 3.